The molecule has 0 aromatic heterocycles. The fourth-order valence-corrected chi connectivity index (χ4v) is 3.15. The zero-order valence-electron chi connectivity index (χ0n) is 18.9. The third-order valence-corrected chi connectivity index (χ3v) is 4.94. The average molecular weight is 409 g/mol. The van der Waals surface area contributed by atoms with Crippen molar-refractivity contribution in [3.05, 3.63) is 24.3 Å². The maximum absolute atomic E-state index is 12.2. The number of carbonyl (C=O) groups excluding carboxylic acids is 2. The van der Waals surface area contributed by atoms with Crippen molar-refractivity contribution in [3.8, 4) is 0 Å². The van der Waals surface area contributed by atoms with Gasteiger partial charge in [-0.2, -0.15) is 0 Å². The van der Waals surface area contributed by atoms with Gasteiger partial charge in [-0.3, -0.25) is 9.59 Å². The lowest BCUT2D eigenvalue weighted by Gasteiger charge is -2.20. The number of allylic oxidation sites excluding steroid dienone is 3. The fourth-order valence-electron chi connectivity index (χ4n) is 3.15. The first-order chi connectivity index (χ1) is 14.0. The van der Waals surface area contributed by atoms with Crippen LogP contribution in [0.5, 0.6) is 0 Å². The van der Waals surface area contributed by atoms with E-state index in [0.717, 1.165) is 12.8 Å². The van der Waals surface area contributed by atoms with E-state index in [0.29, 0.717) is 6.54 Å². The van der Waals surface area contributed by atoms with E-state index in [1.165, 1.54) is 77.2 Å². The highest BCUT2D eigenvalue weighted by Crippen LogP contribution is 2.11. The summed E-state index contributed by atoms with van der Waals surface area (Å²) >= 11 is 0. The van der Waals surface area contributed by atoms with Crippen LogP contribution in [0.25, 0.3) is 0 Å². The van der Waals surface area contributed by atoms with Gasteiger partial charge >= 0.3 is 0 Å². The van der Waals surface area contributed by atoms with Crippen molar-refractivity contribution in [2.24, 2.45) is 0 Å². The molecule has 0 rings (SSSR count). The Labute approximate surface area is 178 Å². The molecule has 3 N–H and O–H groups in total. The first kappa shape index (κ1) is 27.4. The molecule has 0 unspecified atom stereocenters. The van der Waals surface area contributed by atoms with Gasteiger partial charge in [0.2, 0.25) is 11.8 Å². The highest BCUT2D eigenvalue weighted by molar-refractivity contribution is 5.93. The summed E-state index contributed by atoms with van der Waals surface area (Å²) in [5, 5.41) is 15.2. The summed E-state index contributed by atoms with van der Waals surface area (Å²) in [5.41, 5.74) is 0. The van der Waals surface area contributed by atoms with Crippen molar-refractivity contribution in [1.29, 1.82) is 0 Å². The molecule has 0 bridgehead atoms. The lowest BCUT2D eigenvalue weighted by Crippen LogP contribution is -2.52. The second kappa shape index (κ2) is 19.7. The Hall–Kier alpha value is -1.62. The smallest absolute Gasteiger partial charge is 0.245 e. The highest BCUT2D eigenvalue weighted by Gasteiger charge is 2.24. The molecule has 2 atom stereocenters. The molecule has 0 aliphatic heterocycles. The van der Waals surface area contributed by atoms with Gasteiger partial charge in [0.1, 0.15) is 6.04 Å². The second-order valence-electron chi connectivity index (χ2n) is 7.79. The van der Waals surface area contributed by atoms with E-state index in [2.05, 4.69) is 17.6 Å². The molecule has 0 aliphatic rings. The molecule has 0 fully saturated rings. The predicted octanol–water partition coefficient (Wildman–Crippen LogP) is 4.80. The highest BCUT2D eigenvalue weighted by atomic mass is 16.3. The topological polar surface area (TPSA) is 78.4 Å². The Bertz CT molecular complexity index is 473. The van der Waals surface area contributed by atoms with Gasteiger partial charge in [-0.15, -0.1) is 0 Å². The van der Waals surface area contributed by atoms with Gasteiger partial charge in [-0.05, 0) is 20.3 Å². The number of rotatable bonds is 18. The van der Waals surface area contributed by atoms with E-state index < -0.39 is 18.1 Å². The summed E-state index contributed by atoms with van der Waals surface area (Å²) in [6, 6.07) is -0.935. The van der Waals surface area contributed by atoms with Gasteiger partial charge in [-0.25, -0.2) is 0 Å². The third-order valence-electron chi connectivity index (χ3n) is 4.94. The minimum Gasteiger partial charge on any atom is -0.391 e. The van der Waals surface area contributed by atoms with Crippen LogP contribution in [0.3, 0.4) is 0 Å². The Morgan fingerprint density at radius 3 is 1.86 bits per heavy atom. The number of aliphatic hydroxyl groups excluding tert-OH is 1. The third kappa shape index (κ3) is 17.0. The maximum Gasteiger partial charge on any atom is 0.245 e. The molecule has 168 valence electrons. The van der Waals surface area contributed by atoms with E-state index in [1.54, 1.807) is 18.2 Å². The lowest BCUT2D eigenvalue weighted by atomic mass is 10.1. The summed E-state index contributed by atoms with van der Waals surface area (Å²) in [4.78, 5) is 24.0. The van der Waals surface area contributed by atoms with E-state index in [4.69, 9.17) is 0 Å². The van der Waals surface area contributed by atoms with Gasteiger partial charge in [0.25, 0.3) is 0 Å². The normalized spacial score (nSPS) is 13.7. The molecule has 0 aromatic rings. The van der Waals surface area contributed by atoms with Crippen molar-refractivity contribution < 1.29 is 14.7 Å². The van der Waals surface area contributed by atoms with Gasteiger partial charge in [0, 0.05) is 12.6 Å². The summed E-state index contributed by atoms with van der Waals surface area (Å²) < 4.78 is 0. The molecule has 0 spiro atoms. The molecule has 0 heterocycles. The van der Waals surface area contributed by atoms with Crippen LogP contribution in [-0.2, 0) is 9.59 Å². The molecular formula is C24H44N2O3. The molecule has 2 amide bonds. The molecule has 0 aromatic carbocycles. The Morgan fingerprint density at radius 1 is 0.862 bits per heavy atom. The zero-order valence-corrected chi connectivity index (χ0v) is 18.9. The van der Waals surface area contributed by atoms with E-state index in [1.807, 2.05) is 6.92 Å². The number of nitrogens with one attached hydrogen (secondary N) is 2. The standard InChI is InChI=1S/C24H44N2O3/c1-4-6-8-9-10-11-12-13-14-15-16-18-20-25-24(29)23(21(3)27)26-22(28)19-17-7-5-2/h5,7,17,19,21,23,27H,4,6,8-16,18,20H2,1-3H3,(H,25,29)(H,26,28)/t21-,23+/m1/s1. The van der Waals surface area contributed by atoms with Crippen LogP contribution < -0.4 is 10.6 Å². The van der Waals surface area contributed by atoms with Crippen molar-refractivity contribution in [1.82, 2.24) is 10.6 Å². The van der Waals surface area contributed by atoms with Crippen LogP contribution in [0, 0.1) is 0 Å². The maximum atomic E-state index is 12.2. The average Bonchev–Trinajstić information content (AvgIpc) is 2.69. The van der Waals surface area contributed by atoms with Crippen LogP contribution >= 0.6 is 0 Å². The van der Waals surface area contributed by atoms with Crippen LogP contribution in [0.1, 0.15) is 97.8 Å². The quantitative estimate of drug-likeness (QED) is 0.173. The molecular weight excluding hydrogens is 364 g/mol. The summed E-state index contributed by atoms with van der Waals surface area (Å²) in [5.74, 6) is -0.731. The first-order valence-electron chi connectivity index (χ1n) is 11.6. The summed E-state index contributed by atoms with van der Waals surface area (Å²) in [7, 11) is 0. The number of hydrogen-bond acceptors (Lipinski definition) is 3. The summed E-state index contributed by atoms with van der Waals surface area (Å²) in [6.45, 7) is 6.18. The van der Waals surface area contributed by atoms with Crippen LogP contribution in [-0.4, -0.2) is 35.6 Å². The van der Waals surface area contributed by atoms with Gasteiger partial charge in [0.05, 0.1) is 6.10 Å². The number of aliphatic hydroxyl groups is 1. The molecule has 0 saturated carbocycles. The van der Waals surface area contributed by atoms with Crippen molar-refractivity contribution in [3.63, 3.8) is 0 Å². The second-order valence-corrected chi connectivity index (χ2v) is 7.79. The Morgan fingerprint density at radius 2 is 1.38 bits per heavy atom. The first-order valence-corrected chi connectivity index (χ1v) is 11.6. The number of amides is 2. The molecule has 29 heavy (non-hydrogen) atoms. The molecule has 5 nitrogen and oxygen atoms in total. The van der Waals surface area contributed by atoms with E-state index in [-0.39, 0.29) is 5.91 Å². The Balaban J connectivity index is 3.77. The van der Waals surface area contributed by atoms with Crippen LogP contribution in [0.4, 0.5) is 0 Å². The number of hydrogen-bond donors (Lipinski definition) is 3. The van der Waals surface area contributed by atoms with E-state index in [9.17, 15) is 14.7 Å². The fraction of sp³-hybridized carbons (Fsp3) is 0.750. The molecule has 0 saturated heterocycles. The molecule has 0 aliphatic carbocycles. The molecule has 5 heteroatoms. The van der Waals surface area contributed by atoms with Crippen molar-refractivity contribution >= 4 is 11.8 Å². The molecule has 0 radical (unpaired) electrons. The minimum atomic E-state index is -0.948. The monoisotopic (exact) mass is 408 g/mol. The number of carbonyl (C=O) groups is 2. The Kier molecular flexibility index (Phi) is 18.6. The zero-order chi connectivity index (χ0) is 21.7. The SMILES string of the molecule is CC=CC=CC(=O)N[C@H](C(=O)NCCCCCCCCCCCCCC)[C@@H](C)O. The minimum absolute atomic E-state index is 0.337. The number of unbranched alkanes of at least 4 members (excludes halogenated alkanes) is 11. The summed E-state index contributed by atoms with van der Waals surface area (Å²) in [6.07, 6.45) is 20.8. The van der Waals surface area contributed by atoms with Gasteiger partial charge in [0.15, 0.2) is 0 Å². The van der Waals surface area contributed by atoms with Crippen LogP contribution in [0.2, 0.25) is 0 Å². The van der Waals surface area contributed by atoms with Crippen LogP contribution in [0.15, 0.2) is 24.3 Å². The van der Waals surface area contributed by atoms with Crippen molar-refractivity contribution in [2.75, 3.05) is 6.54 Å². The van der Waals surface area contributed by atoms with E-state index >= 15 is 0 Å². The van der Waals surface area contributed by atoms with Crippen molar-refractivity contribution in [2.45, 2.75) is 110 Å². The van der Waals surface area contributed by atoms with Gasteiger partial charge < -0.3 is 15.7 Å². The predicted molar refractivity (Wildman–Crippen MR) is 122 cm³/mol. The largest absolute Gasteiger partial charge is 0.391 e. The lowest BCUT2D eigenvalue weighted by molar-refractivity contribution is -0.129. The van der Waals surface area contributed by atoms with Gasteiger partial charge in [-0.1, -0.05) is 95.8 Å².